The zero-order chi connectivity index (χ0) is 41.4. The van der Waals surface area contributed by atoms with Crippen molar-refractivity contribution in [1.82, 2.24) is 5.32 Å². The molecular formula is C53H93NO3. The van der Waals surface area contributed by atoms with Crippen LogP contribution in [0.25, 0.3) is 0 Å². The number of hydrogen-bond acceptors (Lipinski definition) is 3. The summed E-state index contributed by atoms with van der Waals surface area (Å²) >= 11 is 0. The van der Waals surface area contributed by atoms with Crippen molar-refractivity contribution >= 4 is 5.91 Å². The molecule has 4 heteroatoms. The van der Waals surface area contributed by atoms with E-state index in [1.165, 1.54) is 141 Å². The number of rotatable bonds is 43. The van der Waals surface area contributed by atoms with E-state index in [2.05, 4.69) is 92.1 Å². The van der Waals surface area contributed by atoms with Gasteiger partial charge in [0.05, 0.1) is 18.8 Å². The molecule has 4 nitrogen and oxygen atoms in total. The van der Waals surface area contributed by atoms with Gasteiger partial charge in [-0.2, -0.15) is 0 Å². The van der Waals surface area contributed by atoms with Gasteiger partial charge in [0.2, 0.25) is 5.91 Å². The van der Waals surface area contributed by atoms with Gasteiger partial charge in [-0.3, -0.25) is 4.79 Å². The second-order valence-corrected chi connectivity index (χ2v) is 16.1. The highest BCUT2D eigenvalue weighted by atomic mass is 16.3. The Kier molecular flexibility index (Phi) is 45.9. The molecule has 2 atom stereocenters. The van der Waals surface area contributed by atoms with Gasteiger partial charge in [0.1, 0.15) is 0 Å². The summed E-state index contributed by atoms with van der Waals surface area (Å²) in [6.45, 7) is 4.19. The molecule has 0 fully saturated rings. The van der Waals surface area contributed by atoms with Crippen LogP contribution in [0.1, 0.15) is 226 Å². The van der Waals surface area contributed by atoms with Crippen molar-refractivity contribution in [2.75, 3.05) is 6.61 Å². The summed E-state index contributed by atoms with van der Waals surface area (Å²) in [4.78, 5) is 12.4. The molecule has 0 spiro atoms. The average molecular weight is 792 g/mol. The highest BCUT2D eigenvalue weighted by molar-refractivity contribution is 5.76. The van der Waals surface area contributed by atoms with Crippen molar-refractivity contribution in [2.45, 2.75) is 238 Å². The minimum Gasteiger partial charge on any atom is -0.394 e. The molecule has 0 aliphatic rings. The number of aliphatic hydroxyl groups is 2. The lowest BCUT2D eigenvalue weighted by Gasteiger charge is -2.20. The van der Waals surface area contributed by atoms with Gasteiger partial charge in [-0.1, -0.05) is 234 Å². The Bertz CT molecular complexity index is 1030. The fourth-order valence-electron chi connectivity index (χ4n) is 6.95. The van der Waals surface area contributed by atoms with Crippen LogP contribution >= 0.6 is 0 Å². The van der Waals surface area contributed by atoms with E-state index in [0.717, 1.165) is 64.2 Å². The fourth-order valence-corrected chi connectivity index (χ4v) is 6.95. The molecule has 0 saturated heterocycles. The quantitative estimate of drug-likeness (QED) is 0.0425. The van der Waals surface area contributed by atoms with E-state index in [1.54, 1.807) is 6.08 Å². The first-order valence-corrected chi connectivity index (χ1v) is 24.3. The smallest absolute Gasteiger partial charge is 0.220 e. The molecule has 2 unspecified atom stereocenters. The molecular weight excluding hydrogens is 699 g/mol. The molecule has 3 N–H and O–H groups in total. The van der Waals surface area contributed by atoms with Crippen LogP contribution in [-0.4, -0.2) is 34.9 Å². The highest BCUT2D eigenvalue weighted by Crippen LogP contribution is 2.15. The maximum atomic E-state index is 12.4. The van der Waals surface area contributed by atoms with Crippen molar-refractivity contribution in [1.29, 1.82) is 0 Å². The van der Waals surface area contributed by atoms with Crippen LogP contribution in [0.15, 0.2) is 85.1 Å². The van der Waals surface area contributed by atoms with E-state index in [-0.39, 0.29) is 12.5 Å². The molecule has 0 radical (unpaired) electrons. The minimum atomic E-state index is -0.845. The number of allylic oxidation sites excluding steroid dienone is 13. The second-order valence-electron chi connectivity index (χ2n) is 16.1. The Morgan fingerprint density at radius 1 is 0.439 bits per heavy atom. The van der Waals surface area contributed by atoms with Crippen molar-refractivity contribution in [3.63, 3.8) is 0 Å². The molecule has 0 saturated carbocycles. The van der Waals surface area contributed by atoms with E-state index in [1.807, 2.05) is 6.08 Å². The van der Waals surface area contributed by atoms with Crippen LogP contribution in [0.5, 0.6) is 0 Å². The molecule has 0 aliphatic heterocycles. The molecule has 0 aliphatic carbocycles. The molecule has 0 heterocycles. The average Bonchev–Trinajstić information content (AvgIpc) is 3.22. The number of nitrogens with one attached hydrogen (secondary N) is 1. The fraction of sp³-hybridized carbons (Fsp3) is 0.717. The summed E-state index contributed by atoms with van der Waals surface area (Å²) in [7, 11) is 0. The van der Waals surface area contributed by atoms with Crippen LogP contribution in [0.3, 0.4) is 0 Å². The zero-order valence-corrected chi connectivity index (χ0v) is 37.6. The largest absolute Gasteiger partial charge is 0.394 e. The van der Waals surface area contributed by atoms with Gasteiger partial charge >= 0.3 is 0 Å². The lowest BCUT2D eigenvalue weighted by atomic mass is 10.0. The number of aliphatic hydroxyl groups excluding tert-OH is 2. The Balaban J connectivity index is 3.59. The third-order valence-electron chi connectivity index (χ3n) is 10.6. The monoisotopic (exact) mass is 792 g/mol. The van der Waals surface area contributed by atoms with Gasteiger partial charge in [-0.15, -0.1) is 0 Å². The first-order valence-electron chi connectivity index (χ1n) is 24.3. The van der Waals surface area contributed by atoms with Gasteiger partial charge in [-0.25, -0.2) is 0 Å². The molecule has 1 amide bonds. The van der Waals surface area contributed by atoms with Gasteiger partial charge in [0.15, 0.2) is 0 Å². The van der Waals surface area contributed by atoms with Crippen molar-refractivity contribution < 1.29 is 15.0 Å². The number of hydrogen-bond donors (Lipinski definition) is 3. The van der Waals surface area contributed by atoms with Crippen molar-refractivity contribution in [3.8, 4) is 0 Å². The summed E-state index contributed by atoms with van der Waals surface area (Å²) in [5, 5.41) is 23.1. The SMILES string of the molecule is CC/C=C\C/C=C\C/C=C\C/C=C\C/C=C\C/C=C\CCCCCCCCCCCCC(=O)NC(CO)C(O)/C=C/CCCCCCCCCCCCCCCC. The molecule has 328 valence electrons. The summed E-state index contributed by atoms with van der Waals surface area (Å²) in [5.74, 6) is -0.0718. The summed E-state index contributed by atoms with van der Waals surface area (Å²) < 4.78 is 0. The van der Waals surface area contributed by atoms with Gasteiger partial charge in [0.25, 0.3) is 0 Å². The van der Waals surface area contributed by atoms with E-state index in [4.69, 9.17) is 0 Å². The zero-order valence-electron chi connectivity index (χ0n) is 37.6. The Labute approximate surface area is 354 Å². The van der Waals surface area contributed by atoms with Crippen LogP contribution in [0, 0.1) is 0 Å². The predicted molar refractivity (Wildman–Crippen MR) is 253 cm³/mol. The number of unbranched alkanes of at least 4 members (excludes halogenated alkanes) is 24. The number of carbonyl (C=O) groups is 1. The molecule has 0 aromatic carbocycles. The van der Waals surface area contributed by atoms with Crippen LogP contribution in [-0.2, 0) is 4.79 Å². The standard InChI is InChI=1S/C53H93NO3/c1-3-5-7-9-11-13-15-17-19-21-22-23-24-25-26-27-28-29-30-31-32-33-35-37-39-41-43-45-47-49-53(57)54-51(50-55)52(56)48-46-44-42-40-38-36-34-20-18-16-14-12-10-8-6-4-2/h5,7,11,13,17,19,22-23,25-26,28-29,46,48,51-52,55-56H,3-4,6,8-10,12,14-16,18,20-21,24,27,30-45,47,49-50H2,1-2H3,(H,54,57)/b7-5-,13-11-,19-17-,23-22-,26-25-,29-28-,48-46+. The van der Waals surface area contributed by atoms with E-state index in [0.29, 0.717) is 6.42 Å². The Morgan fingerprint density at radius 2 is 0.772 bits per heavy atom. The summed E-state index contributed by atoms with van der Waals surface area (Å²) in [5.41, 5.74) is 0. The Hall–Kier alpha value is -2.43. The summed E-state index contributed by atoms with van der Waals surface area (Å²) in [6.07, 6.45) is 69.9. The van der Waals surface area contributed by atoms with Crippen LogP contribution < -0.4 is 5.32 Å². The molecule has 0 bridgehead atoms. The lowest BCUT2D eigenvalue weighted by Crippen LogP contribution is -2.45. The minimum absolute atomic E-state index is 0.0718. The molecule has 0 aromatic heterocycles. The van der Waals surface area contributed by atoms with E-state index in [9.17, 15) is 15.0 Å². The number of carbonyl (C=O) groups excluding carboxylic acids is 1. The van der Waals surface area contributed by atoms with Gasteiger partial charge in [0, 0.05) is 6.42 Å². The predicted octanol–water partition coefficient (Wildman–Crippen LogP) is 15.6. The first-order chi connectivity index (χ1) is 28.2. The number of amides is 1. The van der Waals surface area contributed by atoms with E-state index < -0.39 is 12.1 Å². The molecule has 0 rings (SSSR count). The second kappa shape index (κ2) is 47.9. The highest BCUT2D eigenvalue weighted by Gasteiger charge is 2.17. The maximum Gasteiger partial charge on any atom is 0.220 e. The van der Waals surface area contributed by atoms with Crippen molar-refractivity contribution in [3.05, 3.63) is 85.1 Å². The third-order valence-corrected chi connectivity index (χ3v) is 10.6. The van der Waals surface area contributed by atoms with Gasteiger partial charge < -0.3 is 15.5 Å². The topological polar surface area (TPSA) is 69.6 Å². The molecule has 0 aromatic rings. The van der Waals surface area contributed by atoms with Gasteiger partial charge in [-0.05, 0) is 70.6 Å². The lowest BCUT2D eigenvalue weighted by molar-refractivity contribution is -0.123. The maximum absolute atomic E-state index is 12.4. The van der Waals surface area contributed by atoms with Crippen LogP contribution in [0.2, 0.25) is 0 Å². The Morgan fingerprint density at radius 3 is 1.16 bits per heavy atom. The van der Waals surface area contributed by atoms with E-state index >= 15 is 0 Å². The van der Waals surface area contributed by atoms with Crippen molar-refractivity contribution in [2.24, 2.45) is 0 Å². The normalized spacial score (nSPS) is 13.7. The van der Waals surface area contributed by atoms with Crippen LogP contribution in [0.4, 0.5) is 0 Å². The first kappa shape index (κ1) is 54.6. The molecule has 57 heavy (non-hydrogen) atoms. The third kappa shape index (κ3) is 44.5. The summed E-state index contributed by atoms with van der Waals surface area (Å²) in [6, 6.07) is -0.629.